The Morgan fingerprint density at radius 3 is 2.54 bits per heavy atom. The highest BCUT2D eigenvalue weighted by atomic mass is 32.2. The Kier molecular flexibility index (Phi) is 4.05. The molecule has 0 unspecified atom stereocenters. The van der Waals surface area contributed by atoms with Gasteiger partial charge in [0.25, 0.3) is 10.0 Å². The standard InChI is InChI=1S/C16H13N3O4S/c20-16(21)6-1-12-7-8-19(11-12)24(22,23)15-4-2-13(3-5-15)14-9-17-18-10-14/h1-11H,(H,17,18)(H,20,21). The zero-order chi connectivity index (χ0) is 17.2. The molecule has 0 aliphatic heterocycles. The topological polar surface area (TPSA) is 105 Å². The molecular weight excluding hydrogens is 330 g/mol. The average molecular weight is 343 g/mol. The van der Waals surface area contributed by atoms with E-state index in [0.717, 1.165) is 21.2 Å². The van der Waals surface area contributed by atoms with Crippen molar-refractivity contribution in [2.24, 2.45) is 0 Å². The maximum atomic E-state index is 12.6. The molecule has 2 N–H and O–H groups in total. The van der Waals surface area contributed by atoms with Crippen LogP contribution < -0.4 is 0 Å². The Labute approximate surface area is 137 Å². The molecule has 0 bridgehead atoms. The van der Waals surface area contributed by atoms with Crippen molar-refractivity contribution in [3.05, 3.63) is 66.8 Å². The third kappa shape index (κ3) is 3.13. The van der Waals surface area contributed by atoms with Gasteiger partial charge in [0.15, 0.2) is 0 Å². The predicted molar refractivity (Wildman–Crippen MR) is 87.7 cm³/mol. The molecule has 0 atom stereocenters. The molecule has 2 aromatic heterocycles. The van der Waals surface area contributed by atoms with E-state index in [1.54, 1.807) is 24.5 Å². The highest BCUT2D eigenvalue weighted by Crippen LogP contribution is 2.22. The first kappa shape index (κ1) is 15.8. The second-order valence-corrected chi connectivity index (χ2v) is 6.81. The van der Waals surface area contributed by atoms with E-state index in [2.05, 4.69) is 10.2 Å². The van der Waals surface area contributed by atoms with E-state index >= 15 is 0 Å². The van der Waals surface area contributed by atoms with Gasteiger partial charge >= 0.3 is 5.97 Å². The lowest BCUT2D eigenvalue weighted by Gasteiger charge is -2.06. The van der Waals surface area contributed by atoms with Crippen molar-refractivity contribution in [2.45, 2.75) is 4.90 Å². The lowest BCUT2D eigenvalue weighted by atomic mass is 10.1. The van der Waals surface area contributed by atoms with E-state index in [4.69, 9.17) is 5.11 Å². The van der Waals surface area contributed by atoms with Crippen LogP contribution in [0.1, 0.15) is 5.56 Å². The summed E-state index contributed by atoms with van der Waals surface area (Å²) in [4.78, 5) is 10.6. The summed E-state index contributed by atoms with van der Waals surface area (Å²) in [6.45, 7) is 0. The first-order chi connectivity index (χ1) is 11.5. The summed E-state index contributed by atoms with van der Waals surface area (Å²) in [5.41, 5.74) is 2.19. The number of rotatable bonds is 5. The molecule has 122 valence electrons. The fourth-order valence-corrected chi connectivity index (χ4v) is 3.36. The SMILES string of the molecule is O=C(O)C=Cc1ccn(S(=O)(=O)c2ccc(-c3cn[nH]c3)cc2)c1. The van der Waals surface area contributed by atoms with Crippen molar-refractivity contribution >= 4 is 22.1 Å². The van der Waals surface area contributed by atoms with Gasteiger partial charge in [0.1, 0.15) is 0 Å². The van der Waals surface area contributed by atoms with E-state index in [1.807, 2.05) is 0 Å². The van der Waals surface area contributed by atoms with Crippen LogP contribution in [0.15, 0.2) is 66.1 Å². The van der Waals surface area contributed by atoms with Gasteiger partial charge in [-0.15, -0.1) is 0 Å². The highest BCUT2D eigenvalue weighted by molar-refractivity contribution is 7.90. The zero-order valence-electron chi connectivity index (χ0n) is 12.3. The summed E-state index contributed by atoms with van der Waals surface area (Å²) in [7, 11) is -3.73. The molecule has 0 spiro atoms. The summed E-state index contributed by atoms with van der Waals surface area (Å²) in [6, 6.07) is 7.96. The molecule has 0 saturated heterocycles. The molecule has 3 aromatic rings. The van der Waals surface area contributed by atoms with Crippen molar-refractivity contribution in [3.63, 3.8) is 0 Å². The summed E-state index contributed by atoms with van der Waals surface area (Å²) >= 11 is 0. The average Bonchev–Trinajstić information content (AvgIpc) is 3.25. The van der Waals surface area contributed by atoms with E-state index in [9.17, 15) is 13.2 Å². The Morgan fingerprint density at radius 1 is 1.17 bits per heavy atom. The fraction of sp³-hybridized carbons (Fsp3) is 0. The predicted octanol–water partition coefficient (Wildman–Crippen LogP) is 2.21. The number of nitrogens with one attached hydrogen (secondary N) is 1. The van der Waals surface area contributed by atoms with Crippen LogP contribution in [0.3, 0.4) is 0 Å². The van der Waals surface area contributed by atoms with Crippen LogP contribution in [-0.2, 0) is 14.8 Å². The van der Waals surface area contributed by atoms with E-state index in [1.165, 1.54) is 36.7 Å². The smallest absolute Gasteiger partial charge is 0.328 e. The number of aliphatic carboxylic acids is 1. The molecule has 0 aliphatic carbocycles. The van der Waals surface area contributed by atoms with Crippen LogP contribution in [-0.4, -0.2) is 33.7 Å². The van der Waals surface area contributed by atoms with E-state index in [0.29, 0.717) is 5.56 Å². The van der Waals surface area contributed by atoms with Gasteiger partial charge in [-0.2, -0.15) is 5.10 Å². The summed E-state index contributed by atoms with van der Waals surface area (Å²) in [5, 5.41) is 15.2. The molecule has 3 rings (SSSR count). The van der Waals surface area contributed by atoms with Crippen molar-refractivity contribution in [2.75, 3.05) is 0 Å². The van der Waals surface area contributed by atoms with Crippen molar-refractivity contribution in [1.82, 2.24) is 14.2 Å². The largest absolute Gasteiger partial charge is 0.478 e. The molecule has 0 saturated carbocycles. The van der Waals surface area contributed by atoms with Crippen LogP contribution >= 0.6 is 0 Å². The van der Waals surface area contributed by atoms with E-state index < -0.39 is 16.0 Å². The van der Waals surface area contributed by atoms with Gasteiger partial charge in [-0.05, 0) is 35.4 Å². The number of hydrogen-bond donors (Lipinski definition) is 2. The molecule has 24 heavy (non-hydrogen) atoms. The first-order valence-corrected chi connectivity index (χ1v) is 8.34. The number of benzene rings is 1. The first-order valence-electron chi connectivity index (χ1n) is 6.90. The van der Waals surface area contributed by atoms with Crippen molar-refractivity contribution < 1.29 is 18.3 Å². The van der Waals surface area contributed by atoms with Crippen molar-refractivity contribution in [3.8, 4) is 11.1 Å². The molecule has 1 aromatic carbocycles. The number of hydrogen-bond acceptors (Lipinski definition) is 4. The van der Waals surface area contributed by atoms with Gasteiger partial charge in [0.05, 0.1) is 11.1 Å². The lowest BCUT2D eigenvalue weighted by molar-refractivity contribution is -0.131. The van der Waals surface area contributed by atoms with Gasteiger partial charge in [-0.3, -0.25) is 5.10 Å². The number of H-pyrrole nitrogens is 1. The fourth-order valence-electron chi connectivity index (χ4n) is 2.16. The number of aromatic amines is 1. The number of aromatic nitrogens is 3. The van der Waals surface area contributed by atoms with Gasteiger partial charge in [0, 0.05) is 30.2 Å². The third-order valence-corrected chi connectivity index (χ3v) is 5.02. The zero-order valence-corrected chi connectivity index (χ0v) is 13.1. The van der Waals surface area contributed by atoms with Crippen LogP contribution in [0.5, 0.6) is 0 Å². The summed E-state index contributed by atoms with van der Waals surface area (Å²) in [5.74, 6) is -1.10. The maximum absolute atomic E-state index is 12.6. The van der Waals surface area contributed by atoms with Crippen LogP contribution in [0.2, 0.25) is 0 Å². The molecule has 0 aliphatic rings. The Bertz CT molecular complexity index is 984. The molecule has 0 fully saturated rings. The van der Waals surface area contributed by atoms with Crippen LogP contribution in [0.25, 0.3) is 17.2 Å². The molecule has 2 heterocycles. The minimum absolute atomic E-state index is 0.138. The number of carbonyl (C=O) groups is 1. The monoisotopic (exact) mass is 343 g/mol. The van der Waals surface area contributed by atoms with Crippen LogP contribution in [0, 0.1) is 0 Å². The second kappa shape index (κ2) is 6.17. The van der Waals surface area contributed by atoms with Crippen LogP contribution in [0.4, 0.5) is 0 Å². The molecule has 0 amide bonds. The number of nitrogens with zero attached hydrogens (tertiary/aromatic N) is 2. The summed E-state index contributed by atoms with van der Waals surface area (Å²) in [6.07, 6.45) is 8.38. The minimum atomic E-state index is -3.73. The van der Waals surface area contributed by atoms with Crippen molar-refractivity contribution in [1.29, 1.82) is 0 Å². The minimum Gasteiger partial charge on any atom is -0.478 e. The molecule has 0 radical (unpaired) electrons. The molecular formula is C16H13N3O4S. The quantitative estimate of drug-likeness (QED) is 0.691. The van der Waals surface area contributed by atoms with E-state index in [-0.39, 0.29) is 4.90 Å². The van der Waals surface area contributed by atoms with Gasteiger partial charge in [0.2, 0.25) is 0 Å². The Morgan fingerprint density at radius 2 is 1.92 bits per heavy atom. The lowest BCUT2D eigenvalue weighted by Crippen LogP contribution is -2.10. The van der Waals surface area contributed by atoms with Gasteiger partial charge < -0.3 is 5.11 Å². The highest BCUT2D eigenvalue weighted by Gasteiger charge is 2.16. The molecule has 7 nitrogen and oxygen atoms in total. The second-order valence-electron chi connectivity index (χ2n) is 4.96. The Balaban J connectivity index is 1.89. The van der Waals surface area contributed by atoms with Gasteiger partial charge in [-0.1, -0.05) is 12.1 Å². The number of carboxylic acid groups (broad SMARTS) is 1. The van der Waals surface area contributed by atoms with Gasteiger partial charge in [-0.25, -0.2) is 17.2 Å². The summed E-state index contributed by atoms with van der Waals surface area (Å²) < 4.78 is 26.2. The normalized spacial score (nSPS) is 11.8. The third-order valence-electron chi connectivity index (χ3n) is 3.37. The Hall–Kier alpha value is -3.13. The number of carboxylic acids is 1. The molecule has 8 heteroatoms. The maximum Gasteiger partial charge on any atom is 0.328 e.